The zero-order valence-corrected chi connectivity index (χ0v) is 42.5. The van der Waals surface area contributed by atoms with Crippen molar-refractivity contribution in [2.45, 2.75) is 57.4 Å². The van der Waals surface area contributed by atoms with E-state index >= 15 is 0 Å². The summed E-state index contributed by atoms with van der Waals surface area (Å²) in [6, 6.07) is 24.3. The van der Waals surface area contributed by atoms with Crippen LogP contribution in [0.3, 0.4) is 0 Å². The number of aryl methyl sites for hydroxylation is 1. The van der Waals surface area contributed by atoms with Crippen molar-refractivity contribution in [1.29, 1.82) is 0 Å². The number of methoxy groups -OCH3 is 1. The van der Waals surface area contributed by atoms with Gasteiger partial charge in [0.25, 0.3) is 17.7 Å². The van der Waals surface area contributed by atoms with Crippen molar-refractivity contribution in [2.75, 3.05) is 136 Å². The maximum atomic E-state index is 14.1. The quantitative estimate of drug-likeness (QED) is 0.0500. The van der Waals surface area contributed by atoms with Crippen LogP contribution >= 0.6 is 0 Å². The molecule has 2 aliphatic heterocycles. The van der Waals surface area contributed by atoms with E-state index in [9.17, 15) is 19.2 Å². The van der Waals surface area contributed by atoms with Gasteiger partial charge >= 0.3 is 0 Å². The molecule has 0 bridgehead atoms. The lowest BCUT2D eigenvalue weighted by molar-refractivity contribution is -0.126. The molecule has 4 amide bonds. The predicted octanol–water partition coefficient (Wildman–Crippen LogP) is 6.51. The zero-order valence-electron chi connectivity index (χ0n) is 42.5. The van der Waals surface area contributed by atoms with Crippen LogP contribution in [0.1, 0.15) is 93.2 Å². The minimum Gasteiger partial charge on any atom is -0.382 e. The van der Waals surface area contributed by atoms with Gasteiger partial charge in [-0.1, -0.05) is 30.3 Å². The van der Waals surface area contributed by atoms with E-state index in [-0.39, 0.29) is 36.2 Å². The van der Waals surface area contributed by atoms with Gasteiger partial charge in [0.05, 0.1) is 109 Å². The Labute approximate surface area is 429 Å². The third kappa shape index (κ3) is 17.4. The number of anilines is 2. The van der Waals surface area contributed by atoms with Crippen LogP contribution in [0.2, 0.25) is 0 Å². The highest BCUT2D eigenvalue weighted by molar-refractivity contribution is 6.08. The molecule has 73 heavy (non-hydrogen) atoms. The van der Waals surface area contributed by atoms with Gasteiger partial charge < -0.3 is 58.9 Å². The summed E-state index contributed by atoms with van der Waals surface area (Å²) in [5, 5.41) is 9.32. The summed E-state index contributed by atoms with van der Waals surface area (Å²) in [5.74, 6) is -1.30. The second kappa shape index (κ2) is 30.4. The highest BCUT2D eigenvalue weighted by Crippen LogP contribution is 2.34. The number of piperidine rings is 2. The number of nitrogens with zero attached hydrogens (tertiary/aromatic N) is 3. The van der Waals surface area contributed by atoms with Crippen molar-refractivity contribution < 1.29 is 52.3 Å². The molecule has 0 radical (unpaired) electrons. The number of likely N-dealkylation sites (tertiary alicyclic amines) is 1. The number of amides is 4. The second-order valence-corrected chi connectivity index (χ2v) is 18.4. The van der Waals surface area contributed by atoms with E-state index in [0.29, 0.717) is 145 Å². The summed E-state index contributed by atoms with van der Waals surface area (Å²) < 4.78 is 37.9. The zero-order chi connectivity index (χ0) is 50.9. The Balaban J connectivity index is 0.843. The molecule has 17 heteroatoms. The van der Waals surface area contributed by atoms with E-state index in [4.69, 9.17) is 38.1 Å². The molecule has 17 nitrogen and oxygen atoms in total. The first-order chi connectivity index (χ1) is 35.9. The van der Waals surface area contributed by atoms with E-state index in [0.717, 1.165) is 56.4 Å². The number of ether oxygens (including phenoxy) is 7. The number of carbonyl (C=O) groups excluding carboxylic acids is 4. The number of hydrogen-bond acceptors (Lipinski definition) is 13. The van der Waals surface area contributed by atoms with E-state index < -0.39 is 5.91 Å². The fraction of sp³-hybridized carbons (Fsp3) is 0.518. The van der Waals surface area contributed by atoms with E-state index in [1.54, 1.807) is 54.6 Å². The summed E-state index contributed by atoms with van der Waals surface area (Å²) >= 11 is 0. The number of carbonyl (C=O) groups is 4. The van der Waals surface area contributed by atoms with Crippen LogP contribution in [-0.4, -0.2) is 159 Å². The van der Waals surface area contributed by atoms with E-state index in [1.165, 1.54) is 12.0 Å². The molecule has 394 valence electrons. The van der Waals surface area contributed by atoms with Crippen molar-refractivity contribution in [2.24, 2.45) is 5.92 Å². The molecule has 3 aromatic carbocycles. The van der Waals surface area contributed by atoms with Crippen molar-refractivity contribution in [3.8, 4) is 11.3 Å². The van der Waals surface area contributed by atoms with Crippen LogP contribution in [0, 0.1) is 5.92 Å². The molecule has 1 aliphatic carbocycles. The summed E-state index contributed by atoms with van der Waals surface area (Å²) in [6.07, 6.45) is 9.25. The number of aromatic nitrogens is 1. The predicted molar refractivity (Wildman–Crippen MR) is 278 cm³/mol. The van der Waals surface area contributed by atoms with Crippen molar-refractivity contribution in [3.63, 3.8) is 0 Å². The van der Waals surface area contributed by atoms with Crippen LogP contribution in [0.25, 0.3) is 11.3 Å². The number of nitrogens with one attached hydrogen (secondary N) is 3. The van der Waals surface area contributed by atoms with Crippen LogP contribution in [-0.2, 0) is 44.4 Å². The lowest BCUT2D eigenvalue weighted by Gasteiger charge is -2.32. The van der Waals surface area contributed by atoms with Crippen LogP contribution in [0.4, 0.5) is 11.4 Å². The minimum absolute atomic E-state index is 0.0740. The Morgan fingerprint density at radius 2 is 1.27 bits per heavy atom. The molecule has 3 N–H and O–H groups in total. The van der Waals surface area contributed by atoms with Crippen LogP contribution in [0.5, 0.6) is 0 Å². The minimum atomic E-state index is -0.391. The molecule has 4 aromatic rings. The first-order valence-corrected chi connectivity index (χ1v) is 26.1. The lowest BCUT2D eigenvalue weighted by atomic mass is 9.87. The number of hydrogen-bond donors (Lipinski definition) is 3. The van der Waals surface area contributed by atoms with Gasteiger partial charge in [0.15, 0.2) is 0 Å². The maximum Gasteiger partial charge on any atom is 0.255 e. The Morgan fingerprint density at radius 3 is 1.99 bits per heavy atom. The summed E-state index contributed by atoms with van der Waals surface area (Å²) in [6.45, 7) is 9.08. The van der Waals surface area contributed by atoms with Gasteiger partial charge in [0, 0.05) is 74.0 Å². The van der Waals surface area contributed by atoms with Gasteiger partial charge in [-0.3, -0.25) is 24.2 Å². The van der Waals surface area contributed by atoms with E-state index in [2.05, 4.69) is 33.0 Å². The average molecular weight is 1010 g/mol. The Hall–Kier alpha value is -5.79. The van der Waals surface area contributed by atoms with Crippen LogP contribution in [0.15, 0.2) is 85.1 Å². The molecule has 1 unspecified atom stereocenters. The van der Waals surface area contributed by atoms with Gasteiger partial charge in [0.1, 0.15) is 0 Å². The van der Waals surface area contributed by atoms with Crippen molar-refractivity contribution in [3.05, 3.63) is 113 Å². The normalized spacial score (nSPS) is 16.7. The SMILES string of the molecule is COCCOCCOCCOCCOCCOCCOCCNC(=O)[C@H]1CCCN(C(=O)c2cccc(C(=O)Nc3ccc(N4CCCCC4)cc3-c3cc(C(=O)NC4CCCc5ccccc54)ccn3)c2)C1. The summed E-state index contributed by atoms with van der Waals surface area (Å²) in [7, 11) is 1.64. The molecule has 7 rings (SSSR count). The molecule has 2 atom stereocenters. The first kappa shape index (κ1) is 55.0. The molecule has 2 saturated heterocycles. The van der Waals surface area contributed by atoms with Gasteiger partial charge in [0.2, 0.25) is 5.91 Å². The second-order valence-electron chi connectivity index (χ2n) is 18.4. The lowest BCUT2D eigenvalue weighted by Crippen LogP contribution is -2.46. The average Bonchev–Trinajstić information content (AvgIpc) is 3.43. The monoisotopic (exact) mass is 1010 g/mol. The molecule has 0 spiro atoms. The molecule has 1 aromatic heterocycles. The van der Waals surface area contributed by atoms with Gasteiger partial charge in [-0.25, -0.2) is 0 Å². The molecule has 2 fully saturated rings. The fourth-order valence-electron chi connectivity index (χ4n) is 9.35. The molecular weight excluding hydrogens is 933 g/mol. The Kier molecular flexibility index (Phi) is 22.9. The van der Waals surface area contributed by atoms with Crippen molar-refractivity contribution >= 4 is 35.0 Å². The summed E-state index contributed by atoms with van der Waals surface area (Å²) in [4.78, 5) is 63.7. The Bertz CT molecular complexity index is 2360. The molecule has 3 aliphatic rings. The third-order valence-corrected chi connectivity index (χ3v) is 13.2. The standard InChI is InChI=1S/C56H74N6O11/c1-67-26-27-69-30-31-71-34-35-73-37-36-72-33-32-70-29-28-68-25-21-58-53(63)46-14-9-24-62(41-46)56(66)45-13-7-12-43(38-45)54(64)60-51-18-17-47(61-22-5-2-6-23-61)40-49(51)52-39-44(19-20-57-52)55(65)59-50-16-8-11-42-10-3-4-15-48(42)50/h3-4,7,10,12-13,15,17-20,38-40,46,50H,2,5-6,8-9,11,14,16,21-37,41H2,1H3,(H,58,63)(H,59,65)(H,60,64)/t46-,50?/m0/s1. The largest absolute Gasteiger partial charge is 0.382 e. The smallest absolute Gasteiger partial charge is 0.255 e. The van der Waals surface area contributed by atoms with Crippen molar-refractivity contribution in [1.82, 2.24) is 20.5 Å². The summed E-state index contributed by atoms with van der Waals surface area (Å²) in [5.41, 5.74) is 6.38. The maximum absolute atomic E-state index is 14.1. The Morgan fingerprint density at radius 1 is 0.616 bits per heavy atom. The first-order valence-electron chi connectivity index (χ1n) is 26.1. The number of benzene rings is 3. The molecule has 3 heterocycles. The third-order valence-electron chi connectivity index (χ3n) is 13.2. The number of rotatable bonds is 29. The van der Waals surface area contributed by atoms with E-state index in [1.807, 2.05) is 30.3 Å². The fourth-order valence-corrected chi connectivity index (χ4v) is 9.35. The van der Waals surface area contributed by atoms with Gasteiger partial charge in [-0.15, -0.1) is 0 Å². The highest BCUT2D eigenvalue weighted by atomic mass is 16.6. The molecule has 0 saturated carbocycles. The van der Waals surface area contributed by atoms with Crippen LogP contribution < -0.4 is 20.9 Å². The number of pyridine rings is 1. The topological polar surface area (TPSA) is 188 Å². The highest BCUT2D eigenvalue weighted by Gasteiger charge is 2.30. The number of fused-ring (bicyclic) bond motifs is 1. The van der Waals surface area contributed by atoms with Gasteiger partial charge in [-0.05, 0) is 111 Å². The van der Waals surface area contributed by atoms with Gasteiger partial charge in [-0.2, -0.15) is 0 Å². The molecular formula is C56H74N6O11.